The lowest BCUT2D eigenvalue weighted by Crippen LogP contribution is -2.12. The maximum absolute atomic E-state index is 5.63. The van der Waals surface area contributed by atoms with Crippen LogP contribution < -0.4 is 4.74 Å². The molecule has 1 unspecified atom stereocenters. The number of aromatic nitrogens is 4. The van der Waals surface area contributed by atoms with Gasteiger partial charge in [-0.3, -0.25) is 9.55 Å². The van der Waals surface area contributed by atoms with Crippen molar-refractivity contribution < 1.29 is 4.74 Å². The molecule has 3 heterocycles. The van der Waals surface area contributed by atoms with Gasteiger partial charge in [-0.1, -0.05) is 13.0 Å². The first-order valence-corrected chi connectivity index (χ1v) is 8.99. The van der Waals surface area contributed by atoms with E-state index in [1.54, 1.807) is 7.11 Å². The summed E-state index contributed by atoms with van der Waals surface area (Å²) in [6.45, 7) is 6.28. The highest BCUT2D eigenvalue weighted by molar-refractivity contribution is 5.91. The average molecular weight is 336 g/mol. The van der Waals surface area contributed by atoms with Gasteiger partial charge in [0.05, 0.1) is 7.11 Å². The minimum atomic E-state index is 0.403. The quantitative estimate of drug-likeness (QED) is 0.689. The smallest absolute Gasteiger partial charge is 0.298 e. The first kappa shape index (κ1) is 16.1. The Morgan fingerprint density at radius 3 is 2.60 bits per heavy atom. The molecule has 1 fully saturated rings. The molecule has 3 aromatic heterocycles. The third kappa shape index (κ3) is 2.68. The predicted molar refractivity (Wildman–Crippen MR) is 98.8 cm³/mol. The molecule has 130 valence electrons. The average Bonchev–Trinajstić information content (AvgIpc) is 3.36. The number of nitrogens with zero attached hydrogens (tertiary/aromatic N) is 4. The number of hydrogen-bond acceptors (Lipinski definition) is 4. The van der Waals surface area contributed by atoms with Crippen molar-refractivity contribution in [1.82, 2.24) is 19.5 Å². The van der Waals surface area contributed by atoms with Gasteiger partial charge in [0.25, 0.3) is 6.01 Å². The number of rotatable bonds is 5. The van der Waals surface area contributed by atoms with E-state index in [0.29, 0.717) is 18.0 Å². The van der Waals surface area contributed by atoms with Crippen LogP contribution in [0.4, 0.5) is 0 Å². The molecule has 0 aromatic carbocycles. The fourth-order valence-corrected chi connectivity index (χ4v) is 3.81. The highest BCUT2D eigenvalue weighted by Crippen LogP contribution is 2.45. The minimum absolute atomic E-state index is 0.403. The van der Waals surface area contributed by atoms with E-state index < -0.39 is 0 Å². The number of aryl methyl sites for hydroxylation is 2. The Labute approximate surface area is 148 Å². The van der Waals surface area contributed by atoms with E-state index in [1.807, 2.05) is 32.2 Å². The number of hydrogen-bond donors (Lipinski definition) is 0. The largest absolute Gasteiger partial charge is 0.468 e. The molecule has 5 nitrogen and oxygen atoms in total. The van der Waals surface area contributed by atoms with Crippen molar-refractivity contribution in [1.29, 1.82) is 0 Å². The van der Waals surface area contributed by atoms with E-state index in [1.165, 1.54) is 12.8 Å². The maximum Gasteiger partial charge on any atom is 0.298 e. The molecule has 1 aliphatic carbocycles. The molecule has 0 aliphatic heterocycles. The standard InChI is InChI=1S/C20H24N4O/c1-5-17(14-7-8-14)24-19-18(23-20(24)25-4)16(10-11-21-19)15-9-6-12(2)22-13(15)3/h6,9-11,14,17H,5,7-8H2,1-4H3. The lowest BCUT2D eigenvalue weighted by atomic mass is 10.0. The lowest BCUT2D eigenvalue weighted by Gasteiger charge is -2.18. The van der Waals surface area contributed by atoms with Gasteiger partial charge in [-0.2, -0.15) is 4.98 Å². The molecule has 0 saturated heterocycles. The Kier molecular flexibility index (Phi) is 3.94. The van der Waals surface area contributed by atoms with Crippen LogP contribution >= 0.6 is 0 Å². The fraction of sp³-hybridized carbons (Fsp3) is 0.450. The van der Waals surface area contributed by atoms with Crippen LogP contribution in [0.2, 0.25) is 0 Å². The van der Waals surface area contributed by atoms with E-state index >= 15 is 0 Å². The van der Waals surface area contributed by atoms with Gasteiger partial charge in [-0.25, -0.2) is 4.98 Å². The van der Waals surface area contributed by atoms with Gasteiger partial charge in [0.1, 0.15) is 5.52 Å². The Morgan fingerprint density at radius 1 is 1.16 bits per heavy atom. The normalized spacial score (nSPS) is 15.5. The molecule has 0 amide bonds. The van der Waals surface area contributed by atoms with Crippen LogP contribution in [-0.4, -0.2) is 26.6 Å². The van der Waals surface area contributed by atoms with Crippen molar-refractivity contribution in [3.05, 3.63) is 35.8 Å². The Morgan fingerprint density at radius 2 is 1.96 bits per heavy atom. The van der Waals surface area contributed by atoms with E-state index in [4.69, 9.17) is 9.72 Å². The van der Waals surface area contributed by atoms with Crippen molar-refractivity contribution in [2.24, 2.45) is 5.92 Å². The van der Waals surface area contributed by atoms with Gasteiger partial charge in [-0.05, 0) is 51.2 Å². The number of imidazole rings is 1. The summed E-state index contributed by atoms with van der Waals surface area (Å²) in [5.41, 5.74) is 6.01. The van der Waals surface area contributed by atoms with E-state index in [2.05, 4.69) is 27.5 Å². The first-order chi connectivity index (χ1) is 12.1. The summed E-state index contributed by atoms with van der Waals surface area (Å²) in [6, 6.07) is 7.25. The molecule has 1 saturated carbocycles. The topological polar surface area (TPSA) is 52.8 Å². The van der Waals surface area contributed by atoms with Crippen LogP contribution in [0.5, 0.6) is 6.01 Å². The van der Waals surface area contributed by atoms with Crippen molar-refractivity contribution in [3.8, 4) is 17.1 Å². The summed E-state index contributed by atoms with van der Waals surface area (Å²) >= 11 is 0. The highest BCUT2D eigenvalue weighted by Gasteiger charge is 2.34. The van der Waals surface area contributed by atoms with E-state index in [0.717, 1.165) is 40.1 Å². The second kappa shape index (κ2) is 6.14. The molecular weight excluding hydrogens is 312 g/mol. The van der Waals surface area contributed by atoms with Gasteiger partial charge >= 0.3 is 0 Å². The summed E-state index contributed by atoms with van der Waals surface area (Å²) in [6.07, 6.45) is 5.49. The summed E-state index contributed by atoms with van der Waals surface area (Å²) in [5.74, 6) is 0.713. The van der Waals surface area contributed by atoms with Crippen LogP contribution in [0.15, 0.2) is 24.4 Å². The summed E-state index contributed by atoms with van der Waals surface area (Å²) in [5, 5.41) is 0. The number of fused-ring (bicyclic) bond motifs is 1. The van der Waals surface area contributed by atoms with Crippen LogP contribution in [0.1, 0.15) is 43.6 Å². The van der Waals surface area contributed by atoms with Crippen LogP contribution in [-0.2, 0) is 0 Å². The zero-order valence-electron chi connectivity index (χ0n) is 15.3. The minimum Gasteiger partial charge on any atom is -0.468 e. The molecule has 3 aromatic rings. The molecule has 25 heavy (non-hydrogen) atoms. The highest BCUT2D eigenvalue weighted by atomic mass is 16.5. The molecule has 0 N–H and O–H groups in total. The van der Waals surface area contributed by atoms with Gasteiger partial charge in [-0.15, -0.1) is 0 Å². The van der Waals surface area contributed by atoms with E-state index in [9.17, 15) is 0 Å². The second-order valence-electron chi connectivity index (χ2n) is 6.90. The number of methoxy groups -OCH3 is 1. The zero-order valence-corrected chi connectivity index (χ0v) is 15.3. The Bertz CT molecular complexity index is 927. The Balaban J connectivity index is 1.94. The fourth-order valence-electron chi connectivity index (χ4n) is 3.81. The van der Waals surface area contributed by atoms with Crippen LogP contribution in [0, 0.1) is 19.8 Å². The summed E-state index contributed by atoms with van der Waals surface area (Å²) in [4.78, 5) is 14.1. The third-order valence-electron chi connectivity index (χ3n) is 5.16. The molecule has 0 bridgehead atoms. The molecule has 1 aliphatic rings. The van der Waals surface area contributed by atoms with Gasteiger partial charge in [0.15, 0.2) is 5.65 Å². The molecule has 0 radical (unpaired) electrons. The Hall–Kier alpha value is -2.43. The summed E-state index contributed by atoms with van der Waals surface area (Å²) in [7, 11) is 1.69. The first-order valence-electron chi connectivity index (χ1n) is 8.99. The molecule has 4 rings (SSSR count). The van der Waals surface area contributed by atoms with Crippen LogP contribution in [0.25, 0.3) is 22.3 Å². The zero-order chi connectivity index (χ0) is 17.6. The molecule has 5 heteroatoms. The van der Waals surface area contributed by atoms with Crippen molar-refractivity contribution in [2.75, 3.05) is 7.11 Å². The van der Waals surface area contributed by atoms with Crippen molar-refractivity contribution in [3.63, 3.8) is 0 Å². The summed E-state index contributed by atoms with van der Waals surface area (Å²) < 4.78 is 7.83. The number of pyridine rings is 2. The van der Waals surface area contributed by atoms with Crippen molar-refractivity contribution in [2.45, 2.75) is 46.1 Å². The van der Waals surface area contributed by atoms with E-state index in [-0.39, 0.29) is 0 Å². The molecule has 1 atom stereocenters. The SMILES string of the molecule is CCC(C1CC1)n1c(OC)nc2c(-c3ccc(C)nc3C)ccnc21. The van der Waals surface area contributed by atoms with Gasteiger partial charge < -0.3 is 4.74 Å². The number of ether oxygens (including phenoxy) is 1. The maximum atomic E-state index is 5.63. The van der Waals surface area contributed by atoms with Crippen LogP contribution in [0.3, 0.4) is 0 Å². The molecular formula is C20H24N4O. The van der Waals surface area contributed by atoms with Gasteiger partial charge in [0.2, 0.25) is 0 Å². The molecule has 0 spiro atoms. The van der Waals surface area contributed by atoms with Crippen molar-refractivity contribution >= 4 is 11.2 Å². The second-order valence-corrected chi connectivity index (χ2v) is 6.90. The third-order valence-corrected chi connectivity index (χ3v) is 5.16. The lowest BCUT2D eigenvalue weighted by molar-refractivity contribution is 0.322. The predicted octanol–water partition coefficient (Wildman–Crippen LogP) is 4.48. The monoisotopic (exact) mass is 336 g/mol. The van der Waals surface area contributed by atoms with Gasteiger partial charge in [0, 0.05) is 34.8 Å².